The maximum absolute atomic E-state index is 11.3. The summed E-state index contributed by atoms with van der Waals surface area (Å²) in [4.78, 5) is 11.3. The lowest BCUT2D eigenvalue weighted by Gasteiger charge is -2.07. The monoisotopic (exact) mass is 265 g/mol. The van der Waals surface area contributed by atoms with Gasteiger partial charge in [-0.25, -0.2) is 9.10 Å². The van der Waals surface area contributed by atoms with Crippen molar-refractivity contribution in [2.45, 2.75) is 6.61 Å². The van der Waals surface area contributed by atoms with Crippen molar-refractivity contribution in [2.24, 2.45) is 0 Å². The highest BCUT2D eigenvalue weighted by atomic mass is 32.2. The molecule has 5 heteroatoms. The normalized spacial score (nSPS) is 14.5. The highest BCUT2D eigenvalue weighted by molar-refractivity contribution is 7.98. The zero-order valence-corrected chi connectivity index (χ0v) is 11.0. The van der Waals surface area contributed by atoms with E-state index in [-0.39, 0.29) is 6.09 Å². The van der Waals surface area contributed by atoms with Gasteiger partial charge in [-0.1, -0.05) is 30.3 Å². The van der Waals surface area contributed by atoms with Crippen LogP contribution in [0, 0.1) is 0 Å². The minimum absolute atomic E-state index is 0.349. The molecule has 0 radical (unpaired) electrons. The van der Waals surface area contributed by atoms with Crippen LogP contribution in [0.4, 0.5) is 4.79 Å². The van der Waals surface area contributed by atoms with Crippen molar-refractivity contribution in [3.8, 4) is 0 Å². The second-order valence-electron chi connectivity index (χ2n) is 3.84. The van der Waals surface area contributed by atoms with E-state index in [1.807, 2.05) is 30.3 Å². The molecule has 0 spiro atoms. The third-order valence-corrected chi connectivity index (χ3v) is 3.47. The summed E-state index contributed by atoms with van der Waals surface area (Å²) in [5, 5.41) is 0. The molecule has 0 saturated heterocycles. The fourth-order valence-corrected chi connectivity index (χ4v) is 2.41. The third-order valence-electron chi connectivity index (χ3n) is 2.44. The molecule has 0 fully saturated rings. The van der Waals surface area contributed by atoms with Gasteiger partial charge in [-0.2, -0.15) is 0 Å². The zero-order chi connectivity index (χ0) is 12.8. The number of hydrogen-bond donors (Lipinski definition) is 0. The number of nitrogens with zero attached hydrogens (tertiary/aromatic N) is 1. The molecule has 0 unspecified atom stereocenters. The Kier molecular flexibility index (Phi) is 4.66. The van der Waals surface area contributed by atoms with Gasteiger partial charge >= 0.3 is 6.09 Å². The van der Waals surface area contributed by atoms with Gasteiger partial charge in [0.2, 0.25) is 0 Å². The lowest BCUT2D eigenvalue weighted by atomic mass is 10.2. The standard InChI is InChI=1S/C13H15NO3S/c1-16-13(15)14-7-12(10-18-14)9-17-8-11-5-3-2-4-6-11/h2-7H,8-10H2,1H3. The van der Waals surface area contributed by atoms with Gasteiger partial charge in [0.05, 0.1) is 20.3 Å². The molecule has 4 nitrogen and oxygen atoms in total. The summed E-state index contributed by atoms with van der Waals surface area (Å²) in [6.45, 7) is 1.12. The van der Waals surface area contributed by atoms with Crippen molar-refractivity contribution >= 4 is 18.0 Å². The topological polar surface area (TPSA) is 38.8 Å². The molecule has 0 N–H and O–H groups in total. The molecule has 18 heavy (non-hydrogen) atoms. The van der Waals surface area contributed by atoms with Gasteiger partial charge < -0.3 is 9.47 Å². The molecule has 2 rings (SSSR count). The number of hydrogen-bond acceptors (Lipinski definition) is 4. The van der Waals surface area contributed by atoms with Crippen LogP contribution in [-0.4, -0.2) is 29.9 Å². The van der Waals surface area contributed by atoms with Crippen molar-refractivity contribution < 1.29 is 14.3 Å². The minimum Gasteiger partial charge on any atom is -0.452 e. The van der Waals surface area contributed by atoms with Crippen LogP contribution in [-0.2, 0) is 16.1 Å². The first kappa shape index (κ1) is 13.0. The fourth-order valence-electron chi connectivity index (χ4n) is 1.54. The lowest BCUT2D eigenvalue weighted by Crippen LogP contribution is -2.15. The lowest BCUT2D eigenvalue weighted by molar-refractivity contribution is 0.142. The van der Waals surface area contributed by atoms with E-state index < -0.39 is 0 Å². The Bertz CT molecular complexity index is 433. The van der Waals surface area contributed by atoms with Crippen molar-refractivity contribution in [1.29, 1.82) is 0 Å². The van der Waals surface area contributed by atoms with Crippen LogP contribution in [0.15, 0.2) is 42.1 Å². The first-order valence-corrected chi connectivity index (χ1v) is 6.55. The minimum atomic E-state index is -0.349. The molecule has 0 bridgehead atoms. The van der Waals surface area contributed by atoms with Gasteiger partial charge in [-0.15, -0.1) is 0 Å². The molecule has 1 aliphatic rings. The SMILES string of the molecule is COC(=O)N1C=C(COCc2ccccc2)CS1. The number of methoxy groups -OCH3 is 1. The summed E-state index contributed by atoms with van der Waals surface area (Å²) in [5.74, 6) is 0.768. The van der Waals surface area contributed by atoms with Gasteiger partial charge in [0.15, 0.2) is 0 Å². The molecule has 0 saturated carbocycles. The van der Waals surface area contributed by atoms with Crippen molar-refractivity contribution in [1.82, 2.24) is 4.31 Å². The Morgan fingerprint density at radius 3 is 2.83 bits per heavy atom. The van der Waals surface area contributed by atoms with E-state index in [1.165, 1.54) is 23.4 Å². The Morgan fingerprint density at radius 1 is 1.33 bits per heavy atom. The second kappa shape index (κ2) is 6.47. The van der Waals surface area contributed by atoms with Crippen LogP contribution < -0.4 is 0 Å². The molecule has 1 aliphatic heterocycles. The van der Waals surface area contributed by atoms with E-state index in [9.17, 15) is 4.79 Å². The number of carbonyl (C=O) groups excluding carboxylic acids is 1. The number of benzene rings is 1. The van der Waals surface area contributed by atoms with Crippen LogP contribution in [0.3, 0.4) is 0 Å². The maximum Gasteiger partial charge on any atom is 0.423 e. The largest absolute Gasteiger partial charge is 0.452 e. The molecule has 0 aromatic heterocycles. The number of amides is 1. The van der Waals surface area contributed by atoms with Gasteiger partial charge in [-0.3, -0.25) is 0 Å². The summed E-state index contributed by atoms with van der Waals surface area (Å²) in [6, 6.07) is 10.0. The second-order valence-corrected chi connectivity index (χ2v) is 4.78. The Morgan fingerprint density at radius 2 is 2.11 bits per heavy atom. The number of carbonyl (C=O) groups is 1. The van der Waals surface area contributed by atoms with E-state index in [1.54, 1.807) is 6.20 Å². The first-order chi connectivity index (χ1) is 8.79. The molecular weight excluding hydrogens is 250 g/mol. The average Bonchev–Trinajstić information content (AvgIpc) is 2.88. The quantitative estimate of drug-likeness (QED) is 0.785. The van der Waals surface area contributed by atoms with E-state index in [0.717, 1.165) is 16.9 Å². The van der Waals surface area contributed by atoms with E-state index in [2.05, 4.69) is 4.74 Å². The average molecular weight is 265 g/mol. The first-order valence-electron chi connectivity index (χ1n) is 5.61. The van der Waals surface area contributed by atoms with Crippen LogP contribution in [0.2, 0.25) is 0 Å². The van der Waals surface area contributed by atoms with Crippen LogP contribution in [0.25, 0.3) is 0 Å². The van der Waals surface area contributed by atoms with Crippen LogP contribution in [0.1, 0.15) is 5.56 Å². The van der Waals surface area contributed by atoms with Crippen LogP contribution in [0.5, 0.6) is 0 Å². The smallest absolute Gasteiger partial charge is 0.423 e. The van der Waals surface area contributed by atoms with Crippen molar-refractivity contribution in [2.75, 3.05) is 19.5 Å². The fraction of sp³-hybridized carbons (Fsp3) is 0.308. The van der Waals surface area contributed by atoms with Gasteiger partial charge in [0, 0.05) is 12.0 Å². The van der Waals surface area contributed by atoms with E-state index in [0.29, 0.717) is 13.2 Å². The maximum atomic E-state index is 11.3. The molecule has 96 valence electrons. The molecule has 0 aliphatic carbocycles. The van der Waals surface area contributed by atoms with E-state index >= 15 is 0 Å². The molecular formula is C13H15NO3S. The summed E-state index contributed by atoms with van der Waals surface area (Å²) in [5.41, 5.74) is 2.23. The molecule has 0 atom stereocenters. The molecule has 1 aromatic rings. The molecule has 1 aromatic carbocycles. The summed E-state index contributed by atoms with van der Waals surface area (Å²) < 4.78 is 11.7. The Balaban J connectivity index is 1.76. The Labute approximate surface area is 111 Å². The highest BCUT2D eigenvalue weighted by Gasteiger charge is 2.19. The summed E-state index contributed by atoms with van der Waals surface area (Å²) >= 11 is 1.42. The summed E-state index contributed by atoms with van der Waals surface area (Å²) in [7, 11) is 1.38. The predicted octanol–water partition coefficient (Wildman–Crippen LogP) is 2.82. The number of ether oxygens (including phenoxy) is 2. The van der Waals surface area contributed by atoms with Crippen molar-refractivity contribution in [3.05, 3.63) is 47.7 Å². The third kappa shape index (κ3) is 3.51. The zero-order valence-electron chi connectivity index (χ0n) is 10.2. The number of rotatable bonds is 4. The van der Waals surface area contributed by atoms with Gasteiger partial charge in [0.1, 0.15) is 0 Å². The Hall–Kier alpha value is -1.46. The van der Waals surface area contributed by atoms with E-state index in [4.69, 9.17) is 4.74 Å². The van der Waals surface area contributed by atoms with Gasteiger partial charge in [-0.05, 0) is 23.1 Å². The van der Waals surface area contributed by atoms with Crippen LogP contribution >= 0.6 is 11.9 Å². The molecule has 1 amide bonds. The van der Waals surface area contributed by atoms with Crippen molar-refractivity contribution in [3.63, 3.8) is 0 Å². The highest BCUT2D eigenvalue weighted by Crippen LogP contribution is 2.24. The van der Waals surface area contributed by atoms with Gasteiger partial charge in [0.25, 0.3) is 0 Å². The predicted molar refractivity (Wildman–Crippen MR) is 70.9 cm³/mol. The summed E-state index contributed by atoms with van der Waals surface area (Å²) in [6.07, 6.45) is 1.43. The molecule has 1 heterocycles.